The van der Waals surface area contributed by atoms with Crippen molar-refractivity contribution < 1.29 is 14.1 Å². The molecule has 2 aromatic carbocycles. The number of thioether (sulfide) groups is 1. The van der Waals surface area contributed by atoms with E-state index in [0.29, 0.717) is 0 Å². The highest BCUT2D eigenvalue weighted by molar-refractivity contribution is 8.00. The number of carbonyl (C=O) groups is 1. The van der Waals surface area contributed by atoms with Crippen LogP contribution in [0.3, 0.4) is 0 Å². The van der Waals surface area contributed by atoms with E-state index in [0.717, 1.165) is 17.0 Å². The number of rotatable bonds is 5. The van der Waals surface area contributed by atoms with Gasteiger partial charge in [-0.05, 0) is 24.3 Å². The van der Waals surface area contributed by atoms with Crippen LogP contribution >= 0.6 is 11.8 Å². The van der Waals surface area contributed by atoms with Crippen LogP contribution in [0.5, 0.6) is 0 Å². The van der Waals surface area contributed by atoms with Gasteiger partial charge in [-0.1, -0.05) is 18.2 Å². The second-order valence-corrected chi connectivity index (χ2v) is 5.12. The molecule has 1 amide bonds. The van der Waals surface area contributed by atoms with E-state index in [1.807, 2.05) is 30.3 Å². The molecule has 2 rings (SSSR count). The topological polar surface area (TPSA) is 72.2 Å². The van der Waals surface area contributed by atoms with Crippen LogP contribution in [0, 0.1) is 15.9 Å². The lowest BCUT2D eigenvalue weighted by atomic mass is 10.2. The molecule has 0 aromatic heterocycles. The minimum atomic E-state index is -0.934. The van der Waals surface area contributed by atoms with Crippen LogP contribution < -0.4 is 5.32 Å². The molecule has 108 valence electrons. The van der Waals surface area contributed by atoms with E-state index in [4.69, 9.17) is 0 Å². The molecule has 0 saturated carbocycles. The third-order valence-corrected chi connectivity index (χ3v) is 3.55. The molecule has 0 heterocycles. The SMILES string of the molecule is O=C(CSc1ccccc1)Nc1ccc(F)c([N+](=O)[O-])c1. The van der Waals surface area contributed by atoms with E-state index in [-0.39, 0.29) is 17.3 Å². The highest BCUT2D eigenvalue weighted by Crippen LogP contribution is 2.22. The fourth-order valence-electron chi connectivity index (χ4n) is 1.59. The summed E-state index contributed by atoms with van der Waals surface area (Å²) < 4.78 is 13.2. The van der Waals surface area contributed by atoms with Crippen molar-refractivity contribution in [3.8, 4) is 0 Å². The minimum absolute atomic E-state index is 0.162. The average molecular weight is 306 g/mol. The average Bonchev–Trinajstić information content (AvgIpc) is 2.48. The van der Waals surface area contributed by atoms with Gasteiger partial charge in [-0.3, -0.25) is 14.9 Å². The summed E-state index contributed by atoms with van der Waals surface area (Å²) in [4.78, 5) is 22.5. The van der Waals surface area contributed by atoms with Crippen LogP contribution in [0.25, 0.3) is 0 Å². The number of amides is 1. The lowest BCUT2D eigenvalue weighted by molar-refractivity contribution is -0.387. The first-order chi connectivity index (χ1) is 10.1. The summed E-state index contributed by atoms with van der Waals surface area (Å²) in [5.74, 6) is -1.09. The fourth-order valence-corrected chi connectivity index (χ4v) is 2.31. The Labute approximate surface area is 124 Å². The van der Waals surface area contributed by atoms with Gasteiger partial charge in [0.05, 0.1) is 10.7 Å². The van der Waals surface area contributed by atoms with Crippen molar-refractivity contribution >= 4 is 29.0 Å². The monoisotopic (exact) mass is 306 g/mol. The summed E-state index contributed by atoms with van der Waals surface area (Å²) in [6, 6.07) is 12.6. The number of hydrogen-bond acceptors (Lipinski definition) is 4. The Morgan fingerprint density at radius 1 is 1.24 bits per heavy atom. The molecule has 5 nitrogen and oxygen atoms in total. The maximum atomic E-state index is 13.2. The Kier molecular flexibility index (Phi) is 4.89. The first kappa shape index (κ1) is 15.0. The number of nitrogens with one attached hydrogen (secondary N) is 1. The van der Waals surface area contributed by atoms with Gasteiger partial charge in [0.2, 0.25) is 11.7 Å². The van der Waals surface area contributed by atoms with E-state index < -0.39 is 16.4 Å². The van der Waals surface area contributed by atoms with E-state index in [2.05, 4.69) is 5.32 Å². The number of halogens is 1. The fraction of sp³-hybridized carbons (Fsp3) is 0.0714. The number of nitro benzene ring substituents is 1. The minimum Gasteiger partial charge on any atom is -0.325 e. The van der Waals surface area contributed by atoms with Gasteiger partial charge in [0.1, 0.15) is 0 Å². The Morgan fingerprint density at radius 3 is 2.62 bits per heavy atom. The molecule has 21 heavy (non-hydrogen) atoms. The van der Waals surface area contributed by atoms with E-state index >= 15 is 0 Å². The normalized spacial score (nSPS) is 10.1. The van der Waals surface area contributed by atoms with E-state index in [1.165, 1.54) is 17.8 Å². The van der Waals surface area contributed by atoms with Gasteiger partial charge in [0.15, 0.2) is 0 Å². The van der Waals surface area contributed by atoms with Crippen LogP contribution in [-0.4, -0.2) is 16.6 Å². The van der Waals surface area contributed by atoms with Crippen molar-refractivity contribution in [2.45, 2.75) is 4.90 Å². The van der Waals surface area contributed by atoms with Crippen LogP contribution in [-0.2, 0) is 4.79 Å². The lowest BCUT2D eigenvalue weighted by Crippen LogP contribution is -2.14. The van der Waals surface area contributed by atoms with Gasteiger partial charge >= 0.3 is 5.69 Å². The summed E-state index contributed by atoms with van der Waals surface area (Å²) in [5, 5.41) is 13.1. The molecule has 2 aromatic rings. The molecule has 1 N–H and O–H groups in total. The standard InChI is InChI=1S/C14H11FN2O3S/c15-12-7-6-10(8-13(12)17(19)20)16-14(18)9-21-11-4-2-1-3-5-11/h1-8H,9H2,(H,16,18). The molecule has 0 unspecified atom stereocenters. The molecular weight excluding hydrogens is 295 g/mol. The molecule has 7 heteroatoms. The van der Waals surface area contributed by atoms with Gasteiger partial charge in [-0.25, -0.2) is 0 Å². The zero-order chi connectivity index (χ0) is 15.2. The molecule has 0 aliphatic rings. The molecule has 0 atom stereocenters. The van der Waals surface area contributed by atoms with Crippen molar-refractivity contribution in [3.63, 3.8) is 0 Å². The van der Waals surface area contributed by atoms with Crippen molar-refractivity contribution in [2.24, 2.45) is 0 Å². The van der Waals surface area contributed by atoms with Crippen molar-refractivity contribution in [1.29, 1.82) is 0 Å². The molecule has 0 aliphatic heterocycles. The summed E-state index contributed by atoms with van der Waals surface area (Å²) >= 11 is 1.34. The van der Waals surface area contributed by atoms with Gasteiger partial charge < -0.3 is 5.32 Å². The predicted molar refractivity (Wildman–Crippen MR) is 78.9 cm³/mol. The third kappa shape index (κ3) is 4.28. The lowest BCUT2D eigenvalue weighted by Gasteiger charge is -2.05. The maximum Gasteiger partial charge on any atom is 0.306 e. The van der Waals surface area contributed by atoms with Crippen molar-refractivity contribution in [1.82, 2.24) is 0 Å². The van der Waals surface area contributed by atoms with Crippen molar-refractivity contribution in [3.05, 3.63) is 64.5 Å². The van der Waals surface area contributed by atoms with E-state index in [1.54, 1.807) is 0 Å². The molecular formula is C14H11FN2O3S. The molecule has 0 saturated heterocycles. The zero-order valence-electron chi connectivity index (χ0n) is 10.8. The number of benzene rings is 2. The largest absolute Gasteiger partial charge is 0.325 e. The second-order valence-electron chi connectivity index (χ2n) is 4.07. The smallest absolute Gasteiger partial charge is 0.306 e. The van der Waals surface area contributed by atoms with Crippen LogP contribution in [0.2, 0.25) is 0 Å². The Balaban J connectivity index is 1.97. The van der Waals surface area contributed by atoms with Gasteiger partial charge in [-0.2, -0.15) is 4.39 Å². The number of nitrogens with zero attached hydrogens (tertiary/aromatic N) is 1. The van der Waals surface area contributed by atoms with Gasteiger partial charge in [-0.15, -0.1) is 11.8 Å². The Morgan fingerprint density at radius 2 is 1.95 bits per heavy atom. The van der Waals surface area contributed by atoms with Crippen molar-refractivity contribution in [2.75, 3.05) is 11.1 Å². The molecule has 0 spiro atoms. The molecule has 0 bridgehead atoms. The van der Waals surface area contributed by atoms with E-state index in [9.17, 15) is 19.3 Å². The van der Waals surface area contributed by atoms with Crippen LogP contribution in [0.1, 0.15) is 0 Å². The Bertz CT molecular complexity index is 665. The van der Waals surface area contributed by atoms with Crippen LogP contribution in [0.15, 0.2) is 53.4 Å². The Hall–Kier alpha value is -2.41. The number of hydrogen-bond donors (Lipinski definition) is 1. The number of nitro groups is 1. The third-order valence-electron chi connectivity index (χ3n) is 2.54. The summed E-state index contributed by atoms with van der Waals surface area (Å²) in [5.41, 5.74) is -0.467. The second kappa shape index (κ2) is 6.85. The van der Waals surface area contributed by atoms with Gasteiger partial charge in [0.25, 0.3) is 0 Å². The molecule has 0 aliphatic carbocycles. The molecule has 0 radical (unpaired) electrons. The summed E-state index contributed by atoms with van der Waals surface area (Å²) in [7, 11) is 0. The number of anilines is 1. The predicted octanol–water partition coefficient (Wildman–Crippen LogP) is 3.46. The first-order valence-electron chi connectivity index (χ1n) is 5.98. The highest BCUT2D eigenvalue weighted by atomic mass is 32.2. The van der Waals surface area contributed by atoms with Gasteiger partial charge in [0, 0.05) is 16.6 Å². The highest BCUT2D eigenvalue weighted by Gasteiger charge is 2.15. The summed E-state index contributed by atoms with van der Waals surface area (Å²) in [6.07, 6.45) is 0. The molecule has 0 fully saturated rings. The number of carbonyl (C=O) groups excluding carboxylic acids is 1. The first-order valence-corrected chi connectivity index (χ1v) is 6.96. The van der Waals surface area contributed by atoms with Crippen LogP contribution in [0.4, 0.5) is 15.8 Å². The summed E-state index contributed by atoms with van der Waals surface area (Å²) in [6.45, 7) is 0. The quantitative estimate of drug-likeness (QED) is 0.521. The maximum absolute atomic E-state index is 13.2. The zero-order valence-corrected chi connectivity index (χ0v) is 11.6.